The maximum atomic E-state index is 13.1. The second kappa shape index (κ2) is 5.08. The molecule has 5 heteroatoms. The zero-order valence-electron chi connectivity index (χ0n) is 10.3. The standard InChI is InChI=1S/C15H10Cl2FNO/c16-12-7-10(18)2-3-11(12)15(17)8-1-4-13-9(5-8)6-14(20)19-13/h1-5,7,15H,6H2,(H,19,20). The first-order valence-corrected chi connectivity index (χ1v) is 6.88. The molecule has 1 atom stereocenters. The molecular formula is C15H10Cl2FNO. The van der Waals surface area contributed by atoms with Crippen molar-refractivity contribution in [3.05, 3.63) is 63.9 Å². The van der Waals surface area contributed by atoms with Crippen LogP contribution in [0.25, 0.3) is 0 Å². The third kappa shape index (κ3) is 2.39. The Kier molecular flexibility index (Phi) is 3.40. The van der Waals surface area contributed by atoms with Gasteiger partial charge in [0, 0.05) is 10.7 Å². The molecule has 20 heavy (non-hydrogen) atoms. The predicted molar refractivity (Wildman–Crippen MR) is 77.9 cm³/mol. The van der Waals surface area contributed by atoms with Crippen molar-refractivity contribution in [2.24, 2.45) is 0 Å². The third-order valence-electron chi connectivity index (χ3n) is 3.28. The number of fused-ring (bicyclic) bond motifs is 1. The first kappa shape index (κ1) is 13.4. The Morgan fingerprint density at radius 3 is 2.75 bits per heavy atom. The minimum absolute atomic E-state index is 0.0249. The number of carbonyl (C=O) groups excluding carboxylic acids is 1. The van der Waals surface area contributed by atoms with Gasteiger partial charge in [-0.1, -0.05) is 29.8 Å². The molecule has 3 rings (SSSR count). The van der Waals surface area contributed by atoms with E-state index in [-0.39, 0.29) is 5.91 Å². The smallest absolute Gasteiger partial charge is 0.228 e. The molecule has 1 aliphatic heterocycles. The molecule has 2 nitrogen and oxygen atoms in total. The van der Waals surface area contributed by atoms with E-state index >= 15 is 0 Å². The summed E-state index contributed by atoms with van der Waals surface area (Å²) in [6.07, 6.45) is 0.351. The third-order valence-corrected chi connectivity index (χ3v) is 4.10. The lowest BCUT2D eigenvalue weighted by Gasteiger charge is -2.13. The van der Waals surface area contributed by atoms with Gasteiger partial charge in [0.25, 0.3) is 0 Å². The normalized spacial score (nSPS) is 14.8. The monoisotopic (exact) mass is 309 g/mol. The van der Waals surface area contributed by atoms with E-state index in [1.165, 1.54) is 12.1 Å². The second-order valence-corrected chi connectivity index (χ2v) is 5.51. The van der Waals surface area contributed by atoms with Gasteiger partial charge in [0.1, 0.15) is 5.82 Å². The van der Waals surface area contributed by atoms with E-state index in [0.29, 0.717) is 17.0 Å². The molecule has 0 saturated heterocycles. The first-order chi connectivity index (χ1) is 9.54. The molecule has 1 amide bonds. The fourth-order valence-corrected chi connectivity index (χ4v) is 2.95. The van der Waals surface area contributed by atoms with Crippen LogP contribution in [0.5, 0.6) is 0 Å². The van der Waals surface area contributed by atoms with Gasteiger partial charge >= 0.3 is 0 Å². The van der Waals surface area contributed by atoms with Crippen molar-refractivity contribution in [3.8, 4) is 0 Å². The fourth-order valence-electron chi connectivity index (χ4n) is 2.29. The molecule has 0 saturated carbocycles. The topological polar surface area (TPSA) is 29.1 Å². The average molecular weight is 310 g/mol. The van der Waals surface area contributed by atoms with Gasteiger partial charge < -0.3 is 5.32 Å². The van der Waals surface area contributed by atoms with E-state index in [0.717, 1.165) is 16.8 Å². The van der Waals surface area contributed by atoms with E-state index in [1.54, 1.807) is 6.07 Å². The molecule has 0 aliphatic carbocycles. The quantitative estimate of drug-likeness (QED) is 0.823. The maximum absolute atomic E-state index is 13.1. The van der Waals surface area contributed by atoms with Crippen LogP contribution < -0.4 is 5.32 Å². The molecule has 1 unspecified atom stereocenters. The highest BCUT2D eigenvalue weighted by Gasteiger charge is 2.21. The summed E-state index contributed by atoms with van der Waals surface area (Å²) in [6, 6.07) is 9.68. The SMILES string of the molecule is O=C1Cc2cc(C(Cl)c3ccc(F)cc3Cl)ccc2N1. The lowest BCUT2D eigenvalue weighted by atomic mass is 10.0. The van der Waals surface area contributed by atoms with Gasteiger partial charge in [-0.05, 0) is 34.9 Å². The highest BCUT2D eigenvalue weighted by atomic mass is 35.5. The second-order valence-electron chi connectivity index (χ2n) is 4.67. The molecular weight excluding hydrogens is 300 g/mol. The van der Waals surface area contributed by atoms with Gasteiger partial charge in [0.15, 0.2) is 0 Å². The van der Waals surface area contributed by atoms with Crippen LogP contribution >= 0.6 is 23.2 Å². The Labute approximate surface area is 125 Å². The molecule has 0 bridgehead atoms. The van der Waals surface area contributed by atoms with Crippen molar-refractivity contribution >= 4 is 34.8 Å². The van der Waals surface area contributed by atoms with E-state index in [9.17, 15) is 9.18 Å². The van der Waals surface area contributed by atoms with E-state index in [2.05, 4.69) is 5.32 Å². The van der Waals surface area contributed by atoms with Crippen molar-refractivity contribution in [3.63, 3.8) is 0 Å². The van der Waals surface area contributed by atoms with Gasteiger partial charge in [-0.25, -0.2) is 4.39 Å². The number of anilines is 1. The lowest BCUT2D eigenvalue weighted by Crippen LogP contribution is -2.03. The summed E-state index contributed by atoms with van der Waals surface area (Å²) in [5.74, 6) is -0.422. The summed E-state index contributed by atoms with van der Waals surface area (Å²) in [5.41, 5.74) is 3.20. The number of benzene rings is 2. The molecule has 1 N–H and O–H groups in total. The number of halogens is 3. The zero-order valence-corrected chi connectivity index (χ0v) is 11.8. The van der Waals surface area contributed by atoms with Crippen LogP contribution in [0.15, 0.2) is 36.4 Å². The van der Waals surface area contributed by atoms with Crippen molar-refractivity contribution in [2.75, 3.05) is 5.32 Å². The lowest BCUT2D eigenvalue weighted by molar-refractivity contribution is -0.115. The van der Waals surface area contributed by atoms with Gasteiger partial charge in [-0.3, -0.25) is 4.79 Å². The summed E-state index contributed by atoms with van der Waals surface area (Å²) in [5, 5.41) is 2.57. The highest BCUT2D eigenvalue weighted by Crippen LogP contribution is 2.36. The van der Waals surface area contributed by atoms with Crippen molar-refractivity contribution < 1.29 is 9.18 Å². The molecule has 2 aromatic rings. The van der Waals surface area contributed by atoms with E-state index < -0.39 is 11.2 Å². The molecule has 102 valence electrons. The Morgan fingerprint density at radius 2 is 2.00 bits per heavy atom. The molecule has 2 aromatic carbocycles. The molecule has 0 spiro atoms. The summed E-state index contributed by atoms with van der Waals surface area (Å²) < 4.78 is 13.1. The predicted octanol–water partition coefficient (Wildman–Crippen LogP) is 4.30. The van der Waals surface area contributed by atoms with Crippen molar-refractivity contribution in [2.45, 2.75) is 11.8 Å². The summed E-state index contributed by atoms with van der Waals surface area (Å²) in [7, 11) is 0. The first-order valence-electron chi connectivity index (χ1n) is 6.06. The number of hydrogen-bond acceptors (Lipinski definition) is 1. The number of carbonyl (C=O) groups is 1. The van der Waals surface area contributed by atoms with Crippen molar-refractivity contribution in [1.82, 2.24) is 0 Å². The largest absolute Gasteiger partial charge is 0.326 e. The zero-order chi connectivity index (χ0) is 14.3. The molecule has 0 fully saturated rings. The minimum Gasteiger partial charge on any atom is -0.326 e. The van der Waals surface area contributed by atoms with Gasteiger partial charge in [-0.15, -0.1) is 11.6 Å². The number of amides is 1. The van der Waals surface area contributed by atoms with E-state index in [4.69, 9.17) is 23.2 Å². The van der Waals surface area contributed by atoms with Gasteiger partial charge in [0.2, 0.25) is 5.91 Å². The molecule has 1 aliphatic rings. The van der Waals surface area contributed by atoms with E-state index in [1.807, 2.05) is 18.2 Å². The van der Waals surface area contributed by atoms with Crippen LogP contribution in [0.1, 0.15) is 22.1 Å². The molecule has 0 aromatic heterocycles. The van der Waals surface area contributed by atoms with Gasteiger partial charge in [0.05, 0.1) is 11.8 Å². The average Bonchev–Trinajstić information content (AvgIpc) is 2.77. The number of nitrogens with one attached hydrogen (secondary N) is 1. The van der Waals surface area contributed by atoms with Crippen molar-refractivity contribution in [1.29, 1.82) is 0 Å². The van der Waals surface area contributed by atoms with Crippen LogP contribution in [0.3, 0.4) is 0 Å². The minimum atomic E-state index is -0.482. The highest BCUT2D eigenvalue weighted by molar-refractivity contribution is 6.33. The number of alkyl halides is 1. The fraction of sp³-hybridized carbons (Fsp3) is 0.133. The Balaban J connectivity index is 1.97. The van der Waals surface area contributed by atoms with Crippen LogP contribution in [0, 0.1) is 5.82 Å². The summed E-state index contributed by atoms with van der Waals surface area (Å²) >= 11 is 12.4. The molecule has 1 heterocycles. The Hall–Kier alpha value is -1.58. The Morgan fingerprint density at radius 1 is 1.20 bits per heavy atom. The van der Waals surface area contributed by atoms with Gasteiger partial charge in [-0.2, -0.15) is 0 Å². The van der Waals surface area contributed by atoms with Crippen LogP contribution in [-0.2, 0) is 11.2 Å². The maximum Gasteiger partial charge on any atom is 0.228 e. The number of hydrogen-bond donors (Lipinski definition) is 1. The number of rotatable bonds is 2. The summed E-state index contributed by atoms with van der Waals surface area (Å²) in [6.45, 7) is 0. The molecule has 0 radical (unpaired) electrons. The summed E-state index contributed by atoms with van der Waals surface area (Å²) in [4.78, 5) is 11.3. The van der Waals surface area contributed by atoms with Crippen LogP contribution in [0.2, 0.25) is 5.02 Å². The van der Waals surface area contributed by atoms with Crippen LogP contribution in [0.4, 0.5) is 10.1 Å². The van der Waals surface area contributed by atoms with Crippen LogP contribution in [-0.4, -0.2) is 5.91 Å². The Bertz CT molecular complexity index is 702.